The van der Waals surface area contributed by atoms with Crippen LogP contribution >= 0.6 is 11.3 Å². The summed E-state index contributed by atoms with van der Waals surface area (Å²) in [5.74, 6) is 1.74. The highest BCUT2D eigenvalue weighted by Crippen LogP contribution is 2.29. The molecular formula is C17H24N4O2S. The molecule has 3 N–H and O–H groups in total. The number of benzene rings is 1. The van der Waals surface area contributed by atoms with Crippen molar-refractivity contribution in [1.82, 2.24) is 4.98 Å². The first kappa shape index (κ1) is 18.1. The Hall–Kier alpha value is -2.28. The number of rotatable bonds is 5. The van der Waals surface area contributed by atoms with Crippen LogP contribution in [0.1, 0.15) is 32.0 Å². The largest absolute Gasteiger partial charge is 0.496 e. The molecule has 130 valence electrons. The number of hydrogen-bond acceptors (Lipinski definition) is 5. The van der Waals surface area contributed by atoms with Crippen LogP contribution in [0.3, 0.4) is 0 Å². The van der Waals surface area contributed by atoms with Crippen LogP contribution in [0, 0.1) is 0 Å². The third-order valence-electron chi connectivity index (χ3n) is 3.45. The molecule has 2 rings (SSSR count). The summed E-state index contributed by atoms with van der Waals surface area (Å²) >= 11 is 1.51. The third-order valence-corrected chi connectivity index (χ3v) is 4.20. The van der Waals surface area contributed by atoms with Crippen molar-refractivity contribution in [2.45, 2.75) is 32.7 Å². The lowest BCUT2D eigenvalue weighted by Crippen LogP contribution is -2.23. The number of nitrogens with zero attached hydrogens (tertiary/aromatic N) is 2. The molecule has 1 heterocycles. The van der Waals surface area contributed by atoms with Gasteiger partial charge in [0, 0.05) is 10.8 Å². The highest BCUT2D eigenvalue weighted by molar-refractivity contribution is 7.13. The van der Waals surface area contributed by atoms with E-state index in [1.807, 2.05) is 23.6 Å². The van der Waals surface area contributed by atoms with Crippen molar-refractivity contribution in [2.24, 2.45) is 10.7 Å². The Morgan fingerprint density at radius 1 is 1.25 bits per heavy atom. The second-order valence-corrected chi connectivity index (χ2v) is 7.11. The molecule has 0 unspecified atom stereocenters. The Morgan fingerprint density at radius 2 is 1.88 bits per heavy atom. The zero-order chi connectivity index (χ0) is 17.7. The van der Waals surface area contributed by atoms with E-state index in [2.05, 4.69) is 36.1 Å². The van der Waals surface area contributed by atoms with E-state index < -0.39 is 0 Å². The van der Waals surface area contributed by atoms with Crippen molar-refractivity contribution in [3.63, 3.8) is 0 Å². The fourth-order valence-electron chi connectivity index (χ4n) is 2.07. The monoisotopic (exact) mass is 348 g/mol. The molecule has 2 aromatic rings. The molecule has 0 aliphatic carbocycles. The minimum absolute atomic E-state index is 0.00705. The van der Waals surface area contributed by atoms with E-state index in [-0.39, 0.29) is 5.41 Å². The van der Waals surface area contributed by atoms with Gasteiger partial charge in [-0.05, 0) is 12.1 Å². The van der Waals surface area contributed by atoms with Gasteiger partial charge in [0.2, 0.25) is 0 Å². The molecular weight excluding hydrogens is 324 g/mol. The summed E-state index contributed by atoms with van der Waals surface area (Å²) in [6.45, 7) is 6.72. The zero-order valence-corrected chi connectivity index (χ0v) is 15.5. The molecule has 1 aromatic heterocycles. The molecule has 6 nitrogen and oxygen atoms in total. The first-order chi connectivity index (χ1) is 11.3. The fourth-order valence-corrected chi connectivity index (χ4v) is 3.02. The van der Waals surface area contributed by atoms with Crippen molar-refractivity contribution in [2.75, 3.05) is 19.5 Å². The Balaban J connectivity index is 2.11. The minimum Gasteiger partial charge on any atom is -0.496 e. The van der Waals surface area contributed by atoms with Gasteiger partial charge >= 0.3 is 0 Å². The fraction of sp³-hybridized carbons (Fsp3) is 0.412. The topological polar surface area (TPSA) is 81.8 Å². The van der Waals surface area contributed by atoms with Crippen molar-refractivity contribution in [3.05, 3.63) is 34.8 Å². The number of nitrogens with one attached hydrogen (secondary N) is 1. The Morgan fingerprint density at radius 3 is 2.38 bits per heavy atom. The Labute approximate surface area is 146 Å². The first-order valence-electron chi connectivity index (χ1n) is 7.58. The van der Waals surface area contributed by atoms with E-state index in [1.54, 1.807) is 14.2 Å². The minimum atomic E-state index is 0.00705. The third kappa shape index (κ3) is 4.38. The standard InChI is InChI=1S/C17H24N4O2S/c1-17(2,3)14-10-24-16(20-14)21-15(18)19-9-11-12(22-4)7-6-8-13(11)23-5/h6-8,10H,9H2,1-5H3,(H3,18,19,20,21). The van der Waals surface area contributed by atoms with Crippen LogP contribution in [0.2, 0.25) is 0 Å². The molecule has 0 fully saturated rings. The lowest BCUT2D eigenvalue weighted by Gasteiger charge is -2.14. The normalized spacial score (nSPS) is 12.1. The lowest BCUT2D eigenvalue weighted by molar-refractivity contribution is 0.385. The van der Waals surface area contributed by atoms with Crippen LogP contribution in [0.4, 0.5) is 5.13 Å². The van der Waals surface area contributed by atoms with Crippen molar-refractivity contribution >= 4 is 22.4 Å². The predicted molar refractivity (Wildman–Crippen MR) is 99.3 cm³/mol. The van der Waals surface area contributed by atoms with Gasteiger partial charge in [-0.25, -0.2) is 9.98 Å². The molecule has 0 radical (unpaired) electrons. The van der Waals surface area contributed by atoms with Gasteiger partial charge in [-0.3, -0.25) is 0 Å². The summed E-state index contributed by atoms with van der Waals surface area (Å²) in [4.78, 5) is 8.91. The molecule has 0 saturated heterocycles. The number of aromatic nitrogens is 1. The maximum atomic E-state index is 5.98. The predicted octanol–water partition coefficient (Wildman–Crippen LogP) is 3.38. The van der Waals surface area contributed by atoms with E-state index in [0.29, 0.717) is 12.5 Å². The molecule has 7 heteroatoms. The van der Waals surface area contributed by atoms with Gasteiger partial charge in [-0.1, -0.05) is 26.8 Å². The molecule has 0 atom stereocenters. The average Bonchev–Trinajstić information content (AvgIpc) is 3.01. The van der Waals surface area contributed by atoms with Gasteiger partial charge < -0.3 is 20.5 Å². The smallest absolute Gasteiger partial charge is 0.195 e. The molecule has 1 aromatic carbocycles. The van der Waals surface area contributed by atoms with Crippen LogP contribution in [0.15, 0.2) is 28.6 Å². The zero-order valence-electron chi connectivity index (χ0n) is 14.7. The first-order valence-corrected chi connectivity index (χ1v) is 8.46. The average molecular weight is 348 g/mol. The van der Waals surface area contributed by atoms with Crippen LogP contribution in [-0.2, 0) is 12.0 Å². The number of methoxy groups -OCH3 is 2. The molecule has 0 bridgehead atoms. The summed E-state index contributed by atoms with van der Waals surface area (Å²) in [6, 6.07) is 5.61. The SMILES string of the molecule is COc1cccc(OC)c1CN=C(N)Nc1nc(C(C)(C)C)cs1. The van der Waals surface area contributed by atoms with Gasteiger partial charge in [0.1, 0.15) is 11.5 Å². The molecule has 24 heavy (non-hydrogen) atoms. The number of guanidine groups is 1. The quantitative estimate of drug-likeness (QED) is 0.639. The summed E-state index contributed by atoms with van der Waals surface area (Å²) in [6.07, 6.45) is 0. The highest BCUT2D eigenvalue weighted by Gasteiger charge is 2.17. The van der Waals surface area contributed by atoms with Crippen LogP contribution in [0.5, 0.6) is 11.5 Å². The molecule has 0 saturated carbocycles. The summed E-state index contributed by atoms with van der Waals surface area (Å²) < 4.78 is 10.7. The number of thiazole rings is 1. The number of ether oxygens (including phenoxy) is 2. The van der Waals surface area contributed by atoms with Crippen molar-refractivity contribution < 1.29 is 9.47 Å². The maximum Gasteiger partial charge on any atom is 0.195 e. The Bertz CT molecular complexity index is 697. The van der Waals surface area contributed by atoms with Gasteiger partial charge in [0.25, 0.3) is 0 Å². The van der Waals surface area contributed by atoms with Crippen molar-refractivity contribution in [1.29, 1.82) is 0 Å². The van der Waals surface area contributed by atoms with Gasteiger partial charge in [-0.2, -0.15) is 0 Å². The summed E-state index contributed by atoms with van der Waals surface area (Å²) in [7, 11) is 3.24. The number of hydrogen-bond donors (Lipinski definition) is 2. The second-order valence-electron chi connectivity index (χ2n) is 6.26. The van der Waals surface area contributed by atoms with E-state index in [4.69, 9.17) is 15.2 Å². The molecule has 0 amide bonds. The van der Waals surface area contributed by atoms with Crippen LogP contribution in [-0.4, -0.2) is 25.2 Å². The Kier molecular flexibility index (Phi) is 5.66. The van der Waals surface area contributed by atoms with E-state index >= 15 is 0 Å². The van der Waals surface area contributed by atoms with Crippen LogP contribution in [0.25, 0.3) is 0 Å². The lowest BCUT2D eigenvalue weighted by atomic mass is 9.93. The molecule has 0 spiro atoms. The molecule has 0 aliphatic heterocycles. The summed E-state index contributed by atoms with van der Waals surface area (Å²) in [5, 5.41) is 5.79. The van der Waals surface area contributed by atoms with Gasteiger partial charge in [0.15, 0.2) is 11.1 Å². The number of aliphatic imine (C=N–C) groups is 1. The number of nitrogens with two attached hydrogens (primary N) is 1. The van der Waals surface area contributed by atoms with Gasteiger partial charge in [0.05, 0.1) is 32.0 Å². The van der Waals surface area contributed by atoms with E-state index in [0.717, 1.165) is 27.9 Å². The van der Waals surface area contributed by atoms with E-state index in [9.17, 15) is 0 Å². The van der Waals surface area contributed by atoms with Gasteiger partial charge in [-0.15, -0.1) is 11.3 Å². The molecule has 0 aliphatic rings. The van der Waals surface area contributed by atoms with Crippen LogP contribution < -0.4 is 20.5 Å². The number of anilines is 1. The maximum absolute atomic E-state index is 5.98. The highest BCUT2D eigenvalue weighted by atomic mass is 32.1. The van der Waals surface area contributed by atoms with Crippen molar-refractivity contribution in [3.8, 4) is 11.5 Å². The summed E-state index contributed by atoms with van der Waals surface area (Å²) in [5.41, 5.74) is 7.86. The second kappa shape index (κ2) is 7.53. The van der Waals surface area contributed by atoms with E-state index in [1.165, 1.54) is 11.3 Å².